The van der Waals surface area contributed by atoms with Gasteiger partial charge in [-0.05, 0) is 35.4 Å². The lowest BCUT2D eigenvalue weighted by atomic mass is 10.0. The van der Waals surface area contributed by atoms with Crippen LogP contribution in [0.15, 0.2) is 72.8 Å². The van der Waals surface area contributed by atoms with Gasteiger partial charge in [-0.25, -0.2) is 4.79 Å². The van der Waals surface area contributed by atoms with Crippen molar-refractivity contribution >= 4 is 17.6 Å². The van der Waals surface area contributed by atoms with Crippen LogP contribution in [0, 0.1) is 0 Å². The zero-order chi connectivity index (χ0) is 16.9. The summed E-state index contributed by atoms with van der Waals surface area (Å²) in [6.45, 7) is 0.435. The molecule has 0 unspecified atom stereocenters. The molecule has 0 bridgehead atoms. The Morgan fingerprint density at radius 2 is 1.67 bits per heavy atom. The molecule has 3 nitrogen and oxygen atoms in total. The van der Waals surface area contributed by atoms with Crippen LogP contribution < -0.4 is 4.74 Å². The van der Waals surface area contributed by atoms with E-state index < -0.39 is 5.97 Å². The quantitative estimate of drug-likeness (QED) is 0.688. The van der Waals surface area contributed by atoms with E-state index in [0.29, 0.717) is 22.9 Å². The molecule has 0 saturated heterocycles. The van der Waals surface area contributed by atoms with Crippen LogP contribution in [0.25, 0.3) is 11.1 Å². The molecule has 0 aromatic heterocycles. The zero-order valence-corrected chi connectivity index (χ0v) is 13.5. The first-order valence-electron chi connectivity index (χ1n) is 7.43. The van der Waals surface area contributed by atoms with E-state index in [1.165, 1.54) is 6.07 Å². The maximum Gasteiger partial charge on any atom is 0.335 e. The van der Waals surface area contributed by atoms with Crippen molar-refractivity contribution in [2.45, 2.75) is 6.61 Å². The SMILES string of the molecule is O=C(O)c1cc(Cl)cc(-c2ccccc2OCc2ccccc2)c1. The summed E-state index contributed by atoms with van der Waals surface area (Å²) in [5, 5.41) is 9.59. The molecule has 0 heterocycles. The van der Waals surface area contributed by atoms with Crippen molar-refractivity contribution in [1.82, 2.24) is 0 Å². The summed E-state index contributed by atoms with van der Waals surface area (Å²) in [5.74, 6) is -0.332. The van der Waals surface area contributed by atoms with Crippen molar-refractivity contribution in [2.75, 3.05) is 0 Å². The lowest BCUT2D eigenvalue weighted by Gasteiger charge is -2.12. The summed E-state index contributed by atoms with van der Waals surface area (Å²) in [6.07, 6.45) is 0. The van der Waals surface area contributed by atoms with Crippen molar-refractivity contribution in [3.05, 3.63) is 88.9 Å². The van der Waals surface area contributed by atoms with E-state index in [-0.39, 0.29) is 5.56 Å². The number of aromatic carboxylic acids is 1. The van der Waals surface area contributed by atoms with Gasteiger partial charge in [-0.2, -0.15) is 0 Å². The number of ether oxygens (including phenoxy) is 1. The number of carboxylic acid groups (broad SMARTS) is 1. The third-order valence-corrected chi connectivity index (χ3v) is 3.80. The molecule has 3 rings (SSSR count). The minimum absolute atomic E-state index is 0.148. The van der Waals surface area contributed by atoms with Gasteiger partial charge in [0.15, 0.2) is 0 Å². The number of rotatable bonds is 5. The van der Waals surface area contributed by atoms with Gasteiger partial charge in [0.2, 0.25) is 0 Å². The minimum Gasteiger partial charge on any atom is -0.488 e. The van der Waals surface area contributed by atoms with Gasteiger partial charge in [0.05, 0.1) is 5.56 Å². The Morgan fingerprint density at radius 3 is 2.42 bits per heavy atom. The van der Waals surface area contributed by atoms with Gasteiger partial charge in [0, 0.05) is 10.6 Å². The van der Waals surface area contributed by atoms with Gasteiger partial charge in [-0.3, -0.25) is 0 Å². The lowest BCUT2D eigenvalue weighted by Crippen LogP contribution is -1.99. The molecule has 0 atom stereocenters. The second-order valence-electron chi connectivity index (χ2n) is 5.30. The van der Waals surface area contributed by atoms with Gasteiger partial charge in [-0.1, -0.05) is 60.1 Å². The summed E-state index contributed by atoms with van der Waals surface area (Å²) < 4.78 is 5.93. The highest BCUT2D eigenvalue weighted by atomic mass is 35.5. The third kappa shape index (κ3) is 3.76. The largest absolute Gasteiger partial charge is 0.488 e. The number of hydrogen-bond acceptors (Lipinski definition) is 2. The van der Waals surface area contributed by atoms with E-state index in [4.69, 9.17) is 16.3 Å². The van der Waals surface area contributed by atoms with Crippen LogP contribution in [-0.2, 0) is 6.61 Å². The van der Waals surface area contributed by atoms with Crippen LogP contribution in [0.2, 0.25) is 5.02 Å². The standard InChI is InChI=1S/C20H15ClO3/c21-17-11-15(10-16(12-17)20(22)23)18-8-4-5-9-19(18)24-13-14-6-2-1-3-7-14/h1-12H,13H2,(H,22,23). The van der Waals surface area contributed by atoms with Crippen LogP contribution in [0.1, 0.15) is 15.9 Å². The summed E-state index contributed by atoms with van der Waals surface area (Å²) in [5.41, 5.74) is 2.72. The summed E-state index contributed by atoms with van der Waals surface area (Å²) in [4.78, 5) is 11.2. The minimum atomic E-state index is -1.01. The molecule has 120 valence electrons. The molecule has 3 aromatic carbocycles. The van der Waals surface area contributed by atoms with Crippen LogP contribution in [0.4, 0.5) is 0 Å². The molecule has 0 amide bonds. The van der Waals surface area contributed by atoms with E-state index in [0.717, 1.165) is 11.1 Å². The molecule has 0 aliphatic heterocycles. The Kier molecular flexibility index (Phi) is 4.82. The Labute approximate surface area is 145 Å². The molecular formula is C20H15ClO3. The fraction of sp³-hybridized carbons (Fsp3) is 0.0500. The highest BCUT2D eigenvalue weighted by Crippen LogP contribution is 2.32. The van der Waals surface area contributed by atoms with Crippen molar-refractivity contribution in [2.24, 2.45) is 0 Å². The van der Waals surface area contributed by atoms with Crippen LogP contribution in [-0.4, -0.2) is 11.1 Å². The second-order valence-corrected chi connectivity index (χ2v) is 5.74. The molecule has 0 saturated carbocycles. The molecule has 4 heteroatoms. The predicted molar refractivity (Wildman–Crippen MR) is 94.6 cm³/mol. The van der Waals surface area contributed by atoms with Crippen molar-refractivity contribution < 1.29 is 14.6 Å². The first-order chi connectivity index (χ1) is 11.6. The summed E-state index contributed by atoms with van der Waals surface area (Å²) in [6, 6.07) is 22.1. The number of benzene rings is 3. The van der Waals surface area contributed by atoms with Crippen molar-refractivity contribution in [3.63, 3.8) is 0 Å². The Hall–Kier alpha value is -2.78. The normalized spacial score (nSPS) is 10.4. The average Bonchev–Trinajstić information content (AvgIpc) is 2.60. The van der Waals surface area contributed by atoms with E-state index in [9.17, 15) is 9.90 Å². The first-order valence-corrected chi connectivity index (χ1v) is 7.81. The predicted octanol–water partition coefficient (Wildman–Crippen LogP) is 5.28. The van der Waals surface area contributed by atoms with Gasteiger partial charge >= 0.3 is 5.97 Å². The maximum absolute atomic E-state index is 11.2. The first kappa shape index (κ1) is 16.1. The third-order valence-electron chi connectivity index (χ3n) is 3.58. The topological polar surface area (TPSA) is 46.5 Å². The number of carbonyl (C=O) groups is 1. The molecule has 1 N–H and O–H groups in total. The van der Waals surface area contributed by atoms with E-state index in [1.807, 2.05) is 54.6 Å². The highest BCUT2D eigenvalue weighted by molar-refractivity contribution is 6.31. The fourth-order valence-corrected chi connectivity index (χ4v) is 2.67. The van der Waals surface area contributed by atoms with Crippen LogP contribution in [0.5, 0.6) is 5.75 Å². The highest BCUT2D eigenvalue weighted by Gasteiger charge is 2.11. The smallest absolute Gasteiger partial charge is 0.335 e. The van der Waals surface area contributed by atoms with Gasteiger partial charge in [0.1, 0.15) is 12.4 Å². The molecule has 0 aliphatic rings. The van der Waals surface area contributed by atoms with Crippen molar-refractivity contribution in [1.29, 1.82) is 0 Å². The number of halogens is 1. The fourth-order valence-electron chi connectivity index (χ4n) is 2.43. The van der Waals surface area contributed by atoms with E-state index in [1.54, 1.807) is 12.1 Å². The average molecular weight is 339 g/mol. The molecule has 0 spiro atoms. The Morgan fingerprint density at radius 1 is 0.958 bits per heavy atom. The van der Waals surface area contributed by atoms with Gasteiger partial charge in [0.25, 0.3) is 0 Å². The lowest BCUT2D eigenvalue weighted by molar-refractivity contribution is 0.0697. The van der Waals surface area contributed by atoms with E-state index >= 15 is 0 Å². The molecule has 0 radical (unpaired) electrons. The second kappa shape index (κ2) is 7.20. The number of para-hydroxylation sites is 1. The van der Waals surface area contributed by atoms with Crippen LogP contribution in [0.3, 0.4) is 0 Å². The molecule has 3 aromatic rings. The Bertz CT molecular complexity index is 860. The number of hydrogen-bond donors (Lipinski definition) is 1. The van der Waals surface area contributed by atoms with Crippen LogP contribution >= 0.6 is 11.6 Å². The van der Waals surface area contributed by atoms with Gasteiger partial charge < -0.3 is 9.84 Å². The zero-order valence-electron chi connectivity index (χ0n) is 12.8. The number of carboxylic acids is 1. The maximum atomic E-state index is 11.2. The Balaban J connectivity index is 1.93. The monoisotopic (exact) mass is 338 g/mol. The summed E-state index contributed by atoms with van der Waals surface area (Å²) in [7, 11) is 0. The van der Waals surface area contributed by atoms with Gasteiger partial charge in [-0.15, -0.1) is 0 Å². The molecular weight excluding hydrogens is 324 g/mol. The summed E-state index contributed by atoms with van der Waals surface area (Å²) >= 11 is 6.07. The van der Waals surface area contributed by atoms with E-state index in [2.05, 4.69) is 0 Å². The molecule has 24 heavy (non-hydrogen) atoms. The molecule has 0 fully saturated rings. The van der Waals surface area contributed by atoms with Crippen molar-refractivity contribution in [3.8, 4) is 16.9 Å². The molecule has 0 aliphatic carbocycles.